The lowest BCUT2D eigenvalue weighted by atomic mass is 10.2. The van der Waals surface area contributed by atoms with Gasteiger partial charge in [0.1, 0.15) is 0 Å². The van der Waals surface area contributed by atoms with Crippen LogP contribution in [0.2, 0.25) is 0 Å². The van der Waals surface area contributed by atoms with Crippen LogP contribution in [-0.4, -0.2) is 19.2 Å². The molecule has 0 aliphatic carbocycles. The summed E-state index contributed by atoms with van der Waals surface area (Å²) < 4.78 is 73.8. The highest BCUT2D eigenvalue weighted by atomic mass is 19.2. The lowest BCUT2D eigenvalue weighted by Gasteiger charge is -2.08. The molecular weight excluding hydrogens is 287 g/mol. The maximum absolute atomic E-state index is 13.2. The number of esters is 1. The summed E-state index contributed by atoms with van der Waals surface area (Å²) >= 11 is 0. The minimum Gasteiger partial charge on any atom is -0.420 e. The Bertz CT molecular complexity index is 475. The van der Waals surface area contributed by atoms with Crippen molar-refractivity contribution in [3.05, 3.63) is 29.1 Å². The predicted molar refractivity (Wildman–Crippen MR) is 57.6 cm³/mol. The van der Waals surface area contributed by atoms with Crippen LogP contribution in [0.5, 0.6) is 5.75 Å². The van der Waals surface area contributed by atoms with Gasteiger partial charge in [0.15, 0.2) is 0 Å². The Balaban J connectivity index is 2.80. The molecule has 0 atom stereocenters. The molecule has 0 heterocycles. The van der Waals surface area contributed by atoms with Gasteiger partial charge < -0.3 is 9.47 Å². The highest BCUT2D eigenvalue weighted by Crippen LogP contribution is 2.29. The molecule has 0 aromatic heterocycles. The average Bonchev–Trinajstić information content (AvgIpc) is 2.44. The van der Waals surface area contributed by atoms with Gasteiger partial charge in [-0.05, 0) is 6.42 Å². The van der Waals surface area contributed by atoms with E-state index < -0.39 is 40.8 Å². The highest BCUT2D eigenvalue weighted by molar-refractivity contribution is 5.72. The van der Waals surface area contributed by atoms with Crippen LogP contribution in [0, 0.1) is 29.1 Å². The fraction of sp³-hybridized carbons (Fsp3) is 0.417. The van der Waals surface area contributed by atoms with Gasteiger partial charge in [0, 0.05) is 6.61 Å². The Labute approximate surface area is 111 Å². The minimum atomic E-state index is -2.31. The van der Waals surface area contributed by atoms with Gasteiger partial charge in [-0.25, -0.2) is 13.2 Å². The molecule has 0 aliphatic rings. The number of carbonyl (C=O) groups is 1. The molecule has 8 heteroatoms. The van der Waals surface area contributed by atoms with E-state index in [2.05, 4.69) is 4.74 Å². The fourth-order valence-electron chi connectivity index (χ4n) is 1.24. The SMILES string of the molecule is CCCOCCC(=O)Oc1c(F)c(F)c(F)c(F)c1F. The molecule has 0 aliphatic heterocycles. The van der Waals surface area contributed by atoms with Gasteiger partial charge in [0.2, 0.25) is 34.8 Å². The van der Waals surface area contributed by atoms with Gasteiger partial charge in [0.25, 0.3) is 0 Å². The Morgan fingerprint density at radius 2 is 1.40 bits per heavy atom. The molecule has 0 fully saturated rings. The molecule has 0 spiro atoms. The van der Waals surface area contributed by atoms with Gasteiger partial charge in [-0.15, -0.1) is 0 Å². The molecular formula is C12H11F5O3. The van der Waals surface area contributed by atoms with Crippen LogP contribution >= 0.6 is 0 Å². The van der Waals surface area contributed by atoms with Crippen molar-refractivity contribution < 1.29 is 36.2 Å². The van der Waals surface area contributed by atoms with E-state index in [-0.39, 0.29) is 13.0 Å². The van der Waals surface area contributed by atoms with E-state index in [0.29, 0.717) is 13.0 Å². The van der Waals surface area contributed by atoms with Crippen LogP contribution in [0.4, 0.5) is 22.0 Å². The topological polar surface area (TPSA) is 35.5 Å². The zero-order valence-electron chi connectivity index (χ0n) is 10.4. The van der Waals surface area contributed by atoms with Crippen LogP contribution in [-0.2, 0) is 9.53 Å². The van der Waals surface area contributed by atoms with E-state index in [1.54, 1.807) is 0 Å². The van der Waals surface area contributed by atoms with Gasteiger partial charge >= 0.3 is 5.97 Å². The van der Waals surface area contributed by atoms with Crippen molar-refractivity contribution in [1.82, 2.24) is 0 Å². The van der Waals surface area contributed by atoms with E-state index in [9.17, 15) is 26.7 Å². The third kappa shape index (κ3) is 3.66. The van der Waals surface area contributed by atoms with Crippen molar-refractivity contribution in [1.29, 1.82) is 0 Å². The predicted octanol–water partition coefficient (Wildman–Crippen LogP) is 3.10. The number of benzene rings is 1. The van der Waals surface area contributed by atoms with Crippen molar-refractivity contribution in [3.63, 3.8) is 0 Å². The molecule has 1 rings (SSSR count). The first-order valence-electron chi connectivity index (χ1n) is 5.70. The lowest BCUT2D eigenvalue weighted by Crippen LogP contribution is -2.15. The van der Waals surface area contributed by atoms with Crippen LogP contribution in [0.15, 0.2) is 0 Å². The van der Waals surface area contributed by atoms with E-state index in [1.807, 2.05) is 6.92 Å². The second kappa shape index (κ2) is 7.18. The zero-order chi connectivity index (χ0) is 15.3. The first kappa shape index (κ1) is 16.4. The summed E-state index contributed by atoms with van der Waals surface area (Å²) in [4.78, 5) is 11.2. The van der Waals surface area contributed by atoms with Crippen molar-refractivity contribution >= 4 is 5.97 Å². The van der Waals surface area contributed by atoms with E-state index in [0.717, 1.165) is 0 Å². The molecule has 112 valence electrons. The van der Waals surface area contributed by atoms with E-state index >= 15 is 0 Å². The molecule has 1 aromatic carbocycles. The van der Waals surface area contributed by atoms with Gasteiger partial charge in [-0.1, -0.05) is 6.92 Å². The third-order valence-corrected chi connectivity index (χ3v) is 2.18. The quantitative estimate of drug-likeness (QED) is 0.202. The summed E-state index contributed by atoms with van der Waals surface area (Å²) in [6.07, 6.45) is 0.326. The Morgan fingerprint density at radius 1 is 0.900 bits per heavy atom. The van der Waals surface area contributed by atoms with Crippen molar-refractivity contribution in [2.24, 2.45) is 0 Å². The summed E-state index contributed by atoms with van der Waals surface area (Å²) in [7, 11) is 0. The Kier molecular flexibility index (Phi) is 5.87. The molecule has 0 bridgehead atoms. The van der Waals surface area contributed by atoms with Crippen LogP contribution in [0.25, 0.3) is 0 Å². The first-order valence-corrected chi connectivity index (χ1v) is 5.70. The molecule has 0 saturated carbocycles. The number of rotatable bonds is 6. The van der Waals surface area contributed by atoms with Crippen LogP contribution < -0.4 is 4.74 Å². The number of carbonyl (C=O) groups excluding carboxylic acids is 1. The summed E-state index contributed by atoms with van der Waals surface area (Å²) in [5.74, 6) is -13.8. The van der Waals surface area contributed by atoms with Gasteiger partial charge in [-0.3, -0.25) is 4.79 Å². The number of ether oxygens (including phenoxy) is 2. The van der Waals surface area contributed by atoms with Gasteiger partial charge in [-0.2, -0.15) is 8.78 Å². The number of hydrogen-bond acceptors (Lipinski definition) is 3. The molecule has 0 amide bonds. The van der Waals surface area contributed by atoms with Crippen molar-refractivity contribution in [2.45, 2.75) is 19.8 Å². The van der Waals surface area contributed by atoms with E-state index in [4.69, 9.17) is 4.74 Å². The second-order valence-electron chi connectivity index (χ2n) is 3.74. The molecule has 0 unspecified atom stereocenters. The van der Waals surface area contributed by atoms with E-state index in [1.165, 1.54) is 0 Å². The average molecular weight is 298 g/mol. The normalized spacial score (nSPS) is 10.7. The largest absolute Gasteiger partial charge is 0.420 e. The van der Waals surface area contributed by atoms with Crippen molar-refractivity contribution in [2.75, 3.05) is 13.2 Å². The highest BCUT2D eigenvalue weighted by Gasteiger charge is 2.28. The molecule has 20 heavy (non-hydrogen) atoms. The van der Waals surface area contributed by atoms with Crippen LogP contribution in [0.3, 0.4) is 0 Å². The first-order chi connectivity index (χ1) is 9.40. The zero-order valence-corrected chi connectivity index (χ0v) is 10.4. The molecule has 0 radical (unpaired) electrons. The Hall–Kier alpha value is -1.70. The fourth-order valence-corrected chi connectivity index (χ4v) is 1.24. The monoisotopic (exact) mass is 298 g/mol. The molecule has 3 nitrogen and oxygen atoms in total. The maximum Gasteiger partial charge on any atom is 0.313 e. The summed E-state index contributed by atoms with van der Waals surface area (Å²) in [5.41, 5.74) is 0. The molecule has 0 saturated heterocycles. The summed E-state index contributed by atoms with van der Waals surface area (Å²) in [6, 6.07) is 0. The van der Waals surface area contributed by atoms with Crippen LogP contribution in [0.1, 0.15) is 19.8 Å². The van der Waals surface area contributed by atoms with Crippen molar-refractivity contribution in [3.8, 4) is 5.75 Å². The molecule has 1 aromatic rings. The molecule has 0 N–H and O–H groups in total. The number of halogens is 5. The summed E-state index contributed by atoms with van der Waals surface area (Å²) in [6.45, 7) is 2.12. The third-order valence-electron chi connectivity index (χ3n) is 2.18. The number of hydrogen-bond donors (Lipinski definition) is 0. The van der Waals surface area contributed by atoms with Gasteiger partial charge in [0.05, 0.1) is 13.0 Å². The Morgan fingerprint density at radius 3 is 1.90 bits per heavy atom. The standard InChI is InChI=1S/C12H11F5O3/c1-2-4-19-5-3-6(18)20-12-10(16)8(14)7(13)9(15)11(12)17/h2-5H2,1H3. The smallest absolute Gasteiger partial charge is 0.313 e. The summed E-state index contributed by atoms with van der Waals surface area (Å²) in [5, 5.41) is 0. The maximum atomic E-state index is 13.2. The second-order valence-corrected chi connectivity index (χ2v) is 3.74. The minimum absolute atomic E-state index is 0.0813. The lowest BCUT2D eigenvalue weighted by molar-refractivity contribution is -0.136.